The van der Waals surface area contributed by atoms with Crippen LogP contribution in [0.15, 0.2) is 95.8 Å². The van der Waals surface area contributed by atoms with Gasteiger partial charge in [-0.05, 0) is 61.8 Å². The minimum atomic E-state index is -0.852. The number of carbonyl (C=O) groups is 1. The highest BCUT2D eigenvalue weighted by Gasteiger charge is 2.42. The summed E-state index contributed by atoms with van der Waals surface area (Å²) in [5.74, 6) is 0.308. The Balaban J connectivity index is 1.21. The van der Waals surface area contributed by atoms with Crippen LogP contribution >= 0.6 is 0 Å². The molecular weight excluding hydrogens is 498 g/mol. The highest BCUT2D eigenvalue weighted by molar-refractivity contribution is 5.74. The third kappa shape index (κ3) is 6.68. The standard InChI is InChI=1S/C34H43N3O3/c1-3-37(26(2)16-17-27-11-6-4-7-12-27)30-18-20-35(21-19-30)23-29-24-36(25-31(29)28-13-8-5-9-14-28)33(34(38)39)32-15-10-22-40-32/h4-15,22,29-31,33H,2-3,16-21,23-25H2,1H3,(H,38,39). The first-order valence-electron chi connectivity index (χ1n) is 14.8. The van der Waals surface area contributed by atoms with Gasteiger partial charge in [0.05, 0.1) is 6.26 Å². The number of piperidine rings is 1. The van der Waals surface area contributed by atoms with Gasteiger partial charge in [-0.15, -0.1) is 0 Å². The van der Waals surface area contributed by atoms with Crippen LogP contribution in [0.3, 0.4) is 0 Å². The summed E-state index contributed by atoms with van der Waals surface area (Å²) in [5, 5.41) is 10.1. The summed E-state index contributed by atoms with van der Waals surface area (Å²) in [6.45, 7) is 12.3. The monoisotopic (exact) mass is 541 g/mol. The Kier molecular flexibility index (Phi) is 9.40. The molecule has 3 heterocycles. The molecule has 1 aromatic heterocycles. The number of carboxylic acids is 1. The molecule has 212 valence electrons. The van der Waals surface area contributed by atoms with Crippen LogP contribution in [0, 0.1) is 5.92 Å². The largest absolute Gasteiger partial charge is 0.480 e. The topological polar surface area (TPSA) is 60.2 Å². The minimum absolute atomic E-state index is 0.292. The van der Waals surface area contributed by atoms with Crippen LogP contribution in [0.25, 0.3) is 0 Å². The van der Waals surface area contributed by atoms with Crippen molar-refractivity contribution >= 4 is 5.97 Å². The number of likely N-dealkylation sites (tertiary alicyclic amines) is 2. The second-order valence-electron chi connectivity index (χ2n) is 11.4. The van der Waals surface area contributed by atoms with Gasteiger partial charge in [0.25, 0.3) is 0 Å². The van der Waals surface area contributed by atoms with E-state index in [2.05, 4.69) is 82.8 Å². The molecule has 5 rings (SSSR count). The Labute approximate surface area is 238 Å². The van der Waals surface area contributed by atoms with Crippen molar-refractivity contribution in [2.75, 3.05) is 39.3 Å². The molecule has 0 saturated carbocycles. The van der Waals surface area contributed by atoms with E-state index in [1.165, 1.54) is 16.8 Å². The zero-order chi connectivity index (χ0) is 27.9. The quantitative estimate of drug-likeness (QED) is 0.301. The lowest BCUT2D eigenvalue weighted by Gasteiger charge is -2.41. The molecule has 2 aliphatic heterocycles. The first kappa shape index (κ1) is 28.2. The SMILES string of the molecule is C=C(CCc1ccccc1)N(CC)C1CCN(CC2CN(C(C(=O)O)c3ccco3)CC2c2ccccc2)CC1. The van der Waals surface area contributed by atoms with E-state index < -0.39 is 12.0 Å². The van der Waals surface area contributed by atoms with E-state index in [9.17, 15) is 9.90 Å². The van der Waals surface area contributed by atoms with Gasteiger partial charge in [0.1, 0.15) is 5.76 Å². The molecule has 2 aliphatic rings. The van der Waals surface area contributed by atoms with Gasteiger partial charge in [0.2, 0.25) is 0 Å². The summed E-state index contributed by atoms with van der Waals surface area (Å²) in [4.78, 5) is 19.5. The lowest BCUT2D eigenvalue weighted by molar-refractivity contribution is -0.143. The Morgan fingerprint density at radius 2 is 1.73 bits per heavy atom. The molecule has 6 nitrogen and oxygen atoms in total. The highest BCUT2D eigenvalue weighted by atomic mass is 16.4. The summed E-state index contributed by atoms with van der Waals surface area (Å²) in [6.07, 6.45) is 5.86. The number of carboxylic acid groups (broad SMARTS) is 1. The lowest BCUT2D eigenvalue weighted by atomic mass is 9.88. The Morgan fingerprint density at radius 3 is 2.35 bits per heavy atom. The maximum Gasteiger partial charge on any atom is 0.328 e. The van der Waals surface area contributed by atoms with Crippen molar-refractivity contribution in [1.29, 1.82) is 0 Å². The summed E-state index contributed by atoms with van der Waals surface area (Å²) in [6, 6.07) is 24.6. The van der Waals surface area contributed by atoms with Crippen molar-refractivity contribution < 1.29 is 14.3 Å². The van der Waals surface area contributed by atoms with E-state index in [0.29, 0.717) is 30.2 Å². The second-order valence-corrected chi connectivity index (χ2v) is 11.4. The van der Waals surface area contributed by atoms with E-state index in [4.69, 9.17) is 4.42 Å². The maximum absolute atomic E-state index is 12.3. The molecule has 2 fully saturated rings. The zero-order valence-electron chi connectivity index (χ0n) is 23.7. The van der Waals surface area contributed by atoms with Crippen LogP contribution in [-0.2, 0) is 11.2 Å². The van der Waals surface area contributed by atoms with Gasteiger partial charge in [0, 0.05) is 56.9 Å². The van der Waals surface area contributed by atoms with Gasteiger partial charge in [-0.1, -0.05) is 67.2 Å². The third-order valence-corrected chi connectivity index (χ3v) is 8.89. The molecule has 3 unspecified atom stereocenters. The number of nitrogens with zero attached hydrogens (tertiary/aromatic N) is 3. The fourth-order valence-electron chi connectivity index (χ4n) is 6.85. The Bertz CT molecular complexity index is 1210. The smallest absolute Gasteiger partial charge is 0.328 e. The molecule has 0 amide bonds. The maximum atomic E-state index is 12.3. The second kappa shape index (κ2) is 13.3. The van der Waals surface area contributed by atoms with E-state index in [1.54, 1.807) is 18.4 Å². The lowest BCUT2D eigenvalue weighted by Crippen LogP contribution is -2.46. The molecule has 0 radical (unpaired) electrons. The number of benzene rings is 2. The van der Waals surface area contributed by atoms with Crippen molar-refractivity contribution in [1.82, 2.24) is 14.7 Å². The van der Waals surface area contributed by atoms with Crippen molar-refractivity contribution in [3.63, 3.8) is 0 Å². The molecule has 3 atom stereocenters. The first-order chi connectivity index (χ1) is 19.5. The van der Waals surface area contributed by atoms with Gasteiger partial charge < -0.3 is 19.3 Å². The van der Waals surface area contributed by atoms with Gasteiger partial charge >= 0.3 is 5.97 Å². The number of allylic oxidation sites excluding steroid dienone is 1. The molecular formula is C34H43N3O3. The van der Waals surface area contributed by atoms with Crippen LogP contribution < -0.4 is 0 Å². The molecule has 6 heteroatoms. The zero-order valence-corrected chi connectivity index (χ0v) is 23.7. The fraction of sp³-hybridized carbons (Fsp3) is 0.441. The van der Waals surface area contributed by atoms with Gasteiger partial charge in [-0.3, -0.25) is 9.69 Å². The molecule has 2 saturated heterocycles. The summed E-state index contributed by atoms with van der Waals surface area (Å²) < 4.78 is 5.56. The highest BCUT2D eigenvalue weighted by Crippen LogP contribution is 2.38. The summed E-state index contributed by atoms with van der Waals surface area (Å²) in [5.41, 5.74) is 3.91. The average Bonchev–Trinajstić information content (AvgIpc) is 3.65. The van der Waals surface area contributed by atoms with Crippen molar-refractivity contribution in [2.24, 2.45) is 5.92 Å². The fourth-order valence-corrected chi connectivity index (χ4v) is 6.85. The number of furan rings is 1. The van der Waals surface area contributed by atoms with Crippen LogP contribution in [0.1, 0.15) is 55.0 Å². The number of aliphatic carboxylic acids is 1. The molecule has 40 heavy (non-hydrogen) atoms. The third-order valence-electron chi connectivity index (χ3n) is 8.89. The molecule has 0 bridgehead atoms. The number of aryl methyl sites for hydroxylation is 1. The average molecular weight is 542 g/mol. The van der Waals surface area contributed by atoms with E-state index >= 15 is 0 Å². The Morgan fingerprint density at radius 1 is 1.02 bits per heavy atom. The summed E-state index contributed by atoms with van der Waals surface area (Å²) in [7, 11) is 0. The van der Waals surface area contributed by atoms with Crippen LogP contribution in [0.5, 0.6) is 0 Å². The predicted octanol–water partition coefficient (Wildman–Crippen LogP) is 6.05. The number of hydrogen-bond donors (Lipinski definition) is 1. The van der Waals surface area contributed by atoms with Crippen LogP contribution in [0.2, 0.25) is 0 Å². The van der Waals surface area contributed by atoms with E-state index in [-0.39, 0.29) is 0 Å². The summed E-state index contributed by atoms with van der Waals surface area (Å²) >= 11 is 0. The van der Waals surface area contributed by atoms with Gasteiger partial charge in [0.15, 0.2) is 6.04 Å². The molecule has 0 spiro atoms. The molecule has 3 aromatic rings. The first-order valence-corrected chi connectivity index (χ1v) is 14.8. The van der Waals surface area contributed by atoms with Crippen molar-refractivity contribution in [2.45, 2.75) is 50.6 Å². The molecule has 2 aromatic carbocycles. The number of rotatable bonds is 12. The minimum Gasteiger partial charge on any atom is -0.480 e. The van der Waals surface area contributed by atoms with Crippen molar-refractivity contribution in [3.05, 3.63) is 108 Å². The van der Waals surface area contributed by atoms with Gasteiger partial charge in [-0.25, -0.2) is 0 Å². The number of hydrogen-bond acceptors (Lipinski definition) is 5. The normalized spacial score (nSPS) is 21.3. The van der Waals surface area contributed by atoms with Crippen LogP contribution in [-0.4, -0.2) is 71.1 Å². The predicted molar refractivity (Wildman–Crippen MR) is 159 cm³/mol. The van der Waals surface area contributed by atoms with Crippen molar-refractivity contribution in [3.8, 4) is 0 Å². The Hall–Kier alpha value is -3.35. The van der Waals surface area contributed by atoms with E-state index in [1.807, 2.05) is 6.07 Å². The van der Waals surface area contributed by atoms with Gasteiger partial charge in [-0.2, -0.15) is 0 Å². The van der Waals surface area contributed by atoms with Crippen LogP contribution in [0.4, 0.5) is 0 Å². The molecule has 0 aliphatic carbocycles. The molecule has 1 N–H and O–H groups in total. The van der Waals surface area contributed by atoms with E-state index in [0.717, 1.165) is 58.4 Å².